The fourth-order valence-electron chi connectivity index (χ4n) is 3.14. The quantitative estimate of drug-likeness (QED) is 0.785. The maximum absolute atomic E-state index is 12.3. The lowest BCUT2D eigenvalue weighted by Crippen LogP contribution is -2.39. The van der Waals surface area contributed by atoms with Crippen LogP contribution >= 0.6 is 0 Å². The normalized spacial score (nSPS) is 18.3. The molecule has 1 aromatic rings. The Morgan fingerprint density at radius 3 is 3.00 bits per heavy atom. The van der Waals surface area contributed by atoms with E-state index in [4.69, 9.17) is 0 Å². The number of aromatic nitrogens is 1. The van der Waals surface area contributed by atoms with Gasteiger partial charge in [0.1, 0.15) is 5.82 Å². The predicted octanol–water partition coefficient (Wildman–Crippen LogP) is 2.53. The molecule has 1 aliphatic heterocycles. The molecular weight excluding hydrogens is 288 g/mol. The van der Waals surface area contributed by atoms with Gasteiger partial charge in [-0.1, -0.05) is 6.92 Å². The van der Waals surface area contributed by atoms with Crippen LogP contribution < -0.4 is 10.2 Å². The Labute approximate surface area is 140 Å². The molecule has 5 heteroatoms. The minimum atomic E-state index is -0.00235. The van der Waals surface area contributed by atoms with Gasteiger partial charge >= 0.3 is 0 Å². The summed E-state index contributed by atoms with van der Waals surface area (Å²) in [5, 5.41) is 3.00. The van der Waals surface area contributed by atoms with Crippen LogP contribution in [0.1, 0.15) is 49.4 Å². The van der Waals surface area contributed by atoms with Crippen LogP contribution in [0.25, 0.3) is 0 Å². The number of nitrogens with zero attached hydrogens (tertiary/aromatic N) is 3. The number of amides is 1. The first kappa shape index (κ1) is 17.7. The van der Waals surface area contributed by atoms with E-state index in [2.05, 4.69) is 27.0 Å². The van der Waals surface area contributed by atoms with Gasteiger partial charge < -0.3 is 15.1 Å². The summed E-state index contributed by atoms with van der Waals surface area (Å²) in [6.07, 6.45) is 7.56. The number of carbonyl (C=O) groups excluding carboxylic acids is 1. The first-order chi connectivity index (χ1) is 11.1. The standard InChI is InChI=1S/C18H30N4O/c1-4-16-8-5-6-13-22(16)17-14-15(9-11-19-17)18(23)20-10-7-12-21(2)3/h9,11,14,16H,4-8,10,12-13H2,1-3H3,(H,20,23). The summed E-state index contributed by atoms with van der Waals surface area (Å²) in [6, 6.07) is 4.29. The maximum Gasteiger partial charge on any atom is 0.251 e. The van der Waals surface area contributed by atoms with Crippen LogP contribution in [0.5, 0.6) is 0 Å². The highest BCUT2D eigenvalue weighted by atomic mass is 16.1. The zero-order valence-corrected chi connectivity index (χ0v) is 14.7. The number of piperidine rings is 1. The Kier molecular flexibility index (Phi) is 6.84. The molecule has 1 aliphatic rings. The SMILES string of the molecule is CCC1CCCCN1c1cc(C(=O)NCCCN(C)C)ccn1. The lowest BCUT2D eigenvalue weighted by molar-refractivity contribution is 0.0952. The Morgan fingerprint density at radius 2 is 2.26 bits per heavy atom. The average Bonchev–Trinajstić information content (AvgIpc) is 2.58. The van der Waals surface area contributed by atoms with E-state index >= 15 is 0 Å². The minimum absolute atomic E-state index is 0.00235. The number of pyridine rings is 1. The third-order valence-electron chi connectivity index (χ3n) is 4.47. The van der Waals surface area contributed by atoms with Crippen molar-refractivity contribution in [2.24, 2.45) is 0 Å². The zero-order chi connectivity index (χ0) is 16.7. The highest BCUT2D eigenvalue weighted by Crippen LogP contribution is 2.25. The highest BCUT2D eigenvalue weighted by Gasteiger charge is 2.22. The number of rotatable bonds is 7. The van der Waals surface area contributed by atoms with Crippen molar-refractivity contribution in [3.8, 4) is 0 Å². The Balaban J connectivity index is 1.97. The molecule has 0 radical (unpaired) electrons. The van der Waals surface area contributed by atoms with Crippen LogP contribution in [-0.2, 0) is 0 Å². The summed E-state index contributed by atoms with van der Waals surface area (Å²) in [4.78, 5) is 21.3. The summed E-state index contributed by atoms with van der Waals surface area (Å²) in [5.74, 6) is 0.940. The summed E-state index contributed by atoms with van der Waals surface area (Å²) < 4.78 is 0. The van der Waals surface area contributed by atoms with Crippen LogP contribution in [0.15, 0.2) is 18.3 Å². The van der Waals surface area contributed by atoms with Gasteiger partial charge in [0.2, 0.25) is 0 Å². The van der Waals surface area contributed by atoms with Gasteiger partial charge in [0.15, 0.2) is 0 Å². The van der Waals surface area contributed by atoms with Crippen molar-refractivity contribution in [2.45, 2.75) is 45.1 Å². The van der Waals surface area contributed by atoms with Crippen molar-refractivity contribution >= 4 is 11.7 Å². The molecule has 1 fully saturated rings. The topological polar surface area (TPSA) is 48.5 Å². The van der Waals surface area contributed by atoms with Crippen molar-refractivity contribution in [1.29, 1.82) is 0 Å². The van der Waals surface area contributed by atoms with E-state index in [0.717, 1.165) is 31.7 Å². The molecule has 1 amide bonds. The van der Waals surface area contributed by atoms with Crippen molar-refractivity contribution < 1.29 is 4.79 Å². The molecule has 0 aliphatic carbocycles. The fourth-order valence-corrected chi connectivity index (χ4v) is 3.14. The third kappa shape index (κ3) is 5.20. The monoisotopic (exact) mass is 318 g/mol. The molecule has 23 heavy (non-hydrogen) atoms. The lowest BCUT2D eigenvalue weighted by Gasteiger charge is -2.36. The van der Waals surface area contributed by atoms with Gasteiger partial charge in [0.05, 0.1) is 0 Å². The van der Waals surface area contributed by atoms with E-state index in [-0.39, 0.29) is 5.91 Å². The van der Waals surface area contributed by atoms with E-state index in [1.807, 2.05) is 20.2 Å². The molecule has 128 valence electrons. The maximum atomic E-state index is 12.3. The first-order valence-electron chi connectivity index (χ1n) is 8.77. The second-order valence-electron chi connectivity index (χ2n) is 6.57. The molecular formula is C18H30N4O. The predicted molar refractivity (Wildman–Crippen MR) is 95.0 cm³/mol. The summed E-state index contributed by atoms with van der Waals surface area (Å²) in [7, 11) is 4.08. The largest absolute Gasteiger partial charge is 0.354 e. The van der Waals surface area contributed by atoms with E-state index in [9.17, 15) is 4.79 Å². The van der Waals surface area contributed by atoms with Gasteiger partial charge in [0.25, 0.3) is 5.91 Å². The zero-order valence-electron chi connectivity index (χ0n) is 14.7. The summed E-state index contributed by atoms with van der Waals surface area (Å²) in [6.45, 7) is 4.95. The molecule has 0 saturated carbocycles. The van der Waals surface area contributed by atoms with Crippen molar-refractivity contribution in [1.82, 2.24) is 15.2 Å². The van der Waals surface area contributed by atoms with Crippen LogP contribution in [-0.4, -0.2) is 55.6 Å². The van der Waals surface area contributed by atoms with Gasteiger partial charge in [-0.3, -0.25) is 4.79 Å². The van der Waals surface area contributed by atoms with Crippen LogP contribution in [0.2, 0.25) is 0 Å². The molecule has 0 spiro atoms. The van der Waals surface area contributed by atoms with E-state index in [1.54, 1.807) is 12.3 Å². The second-order valence-corrected chi connectivity index (χ2v) is 6.57. The molecule has 0 aromatic carbocycles. The molecule has 0 bridgehead atoms. The molecule has 1 atom stereocenters. The molecule has 2 heterocycles. The number of hydrogen-bond donors (Lipinski definition) is 1. The fraction of sp³-hybridized carbons (Fsp3) is 0.667. The molecule has 1 aromatic heterocycles. The first-order valence-corrected chi connectivity index (χ1v) is 8.77. The number of anilines is 1. The van der Waals surface area contributed by atoms with Crippen LogP contribution in [0.3, 0.4) is 0 Å². The molecule has 1 saturated heterocycles. The highest BCUT2D eigenvalue weighted by molar-refractivity contribution is 5.94. The van der Waals surface area contributed by atoms with Crippen molar-refractivity contribution in [3.05, 3.63) is 23.9 Å². The van der Waals surface area contributed by atoms with Gasteiger partial charge in [-0.2, -0.15) is 0 Å². The van der Waals surface area contributed by atoms with E-state index in [1.165, 1.54) is 19.3 Å². The molecule has 2 rings (SSSR count). The number of nitrogens with one attached hydrogen (secondary N) is 1. The summed E-state index contributed by atoms with van der Waals surface area (Å²) in [5.41, 5.74) is 0.709. The third-order valence-corrected chi connectivity index (χ3v) is 4.47. The summed E-state index contributed by atoms with van der Waals surface area (Å²) >= 11 is 0. The van der Waals surface area contributed by atoms with Crippen LogP contribution in [0, 0.1) is 0 Å². The van der Waals surface area contributed by atoms with Gasteiger partial charge in [0, 0.05) is 30.9 Å². The van der Waals surface area contributed by atoms with E-state index < -0.39 is 0 Å². The lowest BCUT2D eigenvalue weighted by atomic mass is 10.00. The van der Waals surface area contributed by atoms with Crippen molar-refractivity contribution in [3.63, 3.8) is 0 Å². The van der Waals surface area contributed by atoms with Gasteiger partial charge in [-0.15, -0.1) is 0 Å². The van der Waals surface area contributed by atoms with Gasteiger partial charge in [-0.25, -0.2) is 4.98 Å². The Hall–Kier alpha value is -1.62. The van der Waals surface area contributed by atoms with Crippen LogP contribution in [0.4, 0.5) is 5.82 Å². The Bertz CT molecular complexity index is 504. The van der Waals surface area contributed by atoms with E-state index in [0.29, 0.717) is 18.2 Å². The van der Waals surface area contributed by atoms with Crippen molar-refractivity contribution in [2.75, 3.05) is 38.6 Å². The van der Waals surface area contributed by atoms with Gasteiger partial charge in [-0.05, 0) is 64.9 Å². The average molecular weight is 318 g/mol. The minimum Gasteiger partial charge on any atom is -0.354 e. The molecule has 1 unspecified atom stereocenters. The molecule has 5 nitrogen and oxygen atoms in total. The number of carbonyl (C=O) groups is 1. The Morgan fingerprint density at radius 1 is 1.43 bits per heavy atom. The second kappa shape index (κ2) is 8.87. The molecule has 1 N–H and O–H groups in total. The number of hydrogen-bond acceptors (Lipinski definition) is 4. The smallest absolute Gasteiger partial charge is 0.251 e.